The lowest BCUT2D eigenvalue weighted by Crippen LogP contribution is -2.05. The molecule has 1 rings (SSSR count). The van der Waals surface area contributed by atoms with Crippen LogP contribution in [0.2, 0.25) is 0 Å². The summed E-state index contributed by atoms with van der Waals surface area (Å²) in [4.78, 5) is 0.235. The van der Waals surface area contributed by atoms with Gasteiger partial charge in [-0.15, -0.1) is 0 Å². The zero-order valence-electron chi connectivity index (χ0n) is 10.5. The average molecular weight is 256 g/mol. The summed E-state index contributed by atoms with van der Waals surface area (Å²) in [6.07, 6.45) is 4.55. The molecule has 0 saturated carbocycles. The minimum absolute atomic E-state index is 0.167. The number of benzene rings is 1. The maximum absolute atomic E-state index is 11.6. The Hall–Kier alpha value is -0.870. The van der Waals surface area contributed by atoms with Gasteiger partial charge in [-0.25, -0.2) is 0 Å². The third-order valence-corrected chi connectivity index (χ3v) is 3.95. The SMILES string of the molecule is CCCCCc1ccc(S(=O)(=O)OCC)cc1. The van der Waals surface area contributed by atoms with E-state index in [-0.39, 0.29) is 11.5 Å². The predicted molar refractivity (Wildman–Crippen MR) is 68.5 cm³/mol. The molecule has 96 valence electrons. The molecular formula is C13H20O3S. The quantitative estimate of drug-likeness (QED) is 0.556. The van der Waals surface area contributed by atoms with Crippen LogP contribution < -0.4 is 0 Å². The highest BCUT2D eigenvalue weighted by Crippen LogP contribution is 2.14. The van der Waals surface area contributed by atoms with Crippen molar-refractivity contribution in [2.45, 2.75) is 44.4 Å². The average Bonchev–Trinajstić information content (AvgIpc) is 2.30. The van der Waals surface area contributed by atoms with Crippen LogP contribution in [0.15, 0.2) is 29.2 Å². The highest BCUT2D eigenvalue weighted by molar-refractivity contribution is 7.86. The highest BCUT2D eigenvalue weighted by atomic mass is 32.2. The summed E-state index contributed by atoms with van der Waals surface area (Å²) in [5.74, 6) is 0. The summed E-state index contributed by atoms with van der Waals surface area (Å²) in [5, 5.41) is 0. The third kappa shape index (κ3) is 4.48. The Labute approximate surface area is 104 Å². The third-order valence-electron chi connectivity index (χ3n) is 2.55. The second-order valence-corrected chi connectivity index (χ2v) is 5.58. The second kappa shape index (κ2) is 6.77. The molecule has 0 heterocycles. The number of hydrogen-bond acceptors (Lipinski definition) is 3. The van der Waals surface area contributed by atoms with Crippen molar-refractivity contribution in [2.24, 2.45) is 0 Å². The Morgan fingerprint density at radius 1 is 1.06 bits per heavy atom. The van der Waals surface area contributed by atoms with Gasteiger partial charge in [0, 0.05) is 0 Å². The van der Waals surface area contributed by atoms with Crippen molar-refractivity contribution in [3.63, 3.8) is 0 Å². The molecule has 1 aromatic carbocycles. The van der Waals surface area contributed by atoms with Crippen molar-refractivity contribution < 1.29 is 12.6 Å². The molecule has 0 aliphatic rings. The molecule has 0 spiro atoms. The Morgan fingerprint density at radius 3 is 2.24 bits per heavy atom. The first-order chi connectivity index (χ1) is 8.10. The molecule has 0 bridgehead atoms. The minimum Gasteiger partial charge on any atom is -0.267 e. The van der Waals surface area contributed by atoms with Gasteiger partial charge < -0.3 is 0 Å². The summed E-state index contributed by atoms with van der Waals surface area (Å²) in [7, 11) is -3.55. The maximum atomic E-state index is 11.6. The van der Waals surface area contributed by atoms with Crippen molar-refractivity contribution in [1.29, 1.82) is 0 Å². The van der Waals surface area contributed by atoms with Crippen LogP contribution in [-0.4, -0.2) is 15.0 Å². The first-order valence-electron chi connectivity index (χ1n) is 6.08. The largest absolute Gasteiger partial charge is 0.296 e. The van der Waals surface area contributed by atoms with E-state index < -0.39 is 10.1 Å². The van der Waals surface area contributed by atoms with E-state index in [1.165, 1.54) is 18.4 Å². The topological polar surface area (TPSA) is 43.4 Å². The zero-order valence-corrected chi connectivity index (χ0v) is 11.3. The molecule has 3 nitrogen and oxygen atoms in total. The lowest BCUT2D eigenvalue weighted by atomic mass is 10.1. The summed E-state index contributed by atoms with van der Waals surface area (Å²) >= 11 is 0. The van der Waals surface area contributed by atoms with Gasteiger partial charge in [0.2, 0.25) is 0 Å². The van der Waals surface area contributed by atoms with Crippen molar-refractivity contribution in [2.75, 3.05) is 6.61 Å². The summed E-state index contributed by atoms with van der Waals surface area (Å²) in [6, 6.07) is 6.96. The molecule has 0 saturated heterocycles. The van der Waals surface area contributed by atoms with Gasteiger partial charge in [-0.1, -0.05) is 31.9 Å². The van der Waals surface area contributed by atoms with Crippen LogP contribution in [-0.2, 0) is 20.7 Å². The monoisotopic (exact) mass is 256 g/mol. The normalized spacial score (nSPS) is 11.6. The molecule has 0 fully saturated rings. The van der Waals surface area contributed by atoms with Crippen molar-refractivity contribution >= 4 is 10.1 Å². The van der Waals surface area contributed by atoms with E-state index in [4.69, 9.17) is 4.18 Å². The van der Waals surface area contributed by atoms with Crippen LogP contribution in [0, 0.1) is 0 Å². The molecule has 0 aliphatic heterocycles. The molecule has 0 N–H and O–H groups in total. The molecule has 0 atom stereocenters. The Balaban J connectivity index is 2.68. The van der Waals surface area contributed by atoms with E-state index >= 15 is 0 Å². The zero-order chi connectivity index (χ0) is 12.7. The molecule has 4 heteroatoms. The summed E-state index contributed by atoms with van der Waals surface area (Å²) < 4.78 is 27.9. The molecule has 0 aliphatic carbocycles. The number of unbranched alkanes of at least 4 members (excludes halogenated alkanes) is 2. The molecule has 17 heavy (non-hydrogen) atoms. The highest BCUT2D eigenvalue weighted by Gasteiger charge is 2.13. The fraction of sp³-hybridized carbons (Fsp3) is 0.538. The van der Waals surface area contributed by atoms with Crippen LogP contribution in [0.3, 0.4) is 0 Å². The smallest absolute Gasteiger partial charge is 0.267 e. The van der Waals surface area contributed by atoms with Crippen LogP contribution in [0.5, 0.6) is 0 Å². The van der Waals surface area contributed by atoms with E-state index in [1.54, 1.807) is 19.1 Å². The van der Waals surface area contributed by atoms with Crippen molar-refractivity contribution in [3.05, 3.63) is 29.8 Å². The van der Waals surface area contributed by atoms with Crippen molar-refractivity contribution in [3.8, 4) is 0 Å². The van der Waals surface area contributed by atoms with Crippen LogP contribution in [0.1, 0.15) is 38.7 Å². The first kappa shape index (κ1) is 14.2. The van der Waals surface area contributed by atoms with E-state index in [1.807, 2.05) is 12.1 Å². The number of hydrogen-bond donors (Lipinski definition) is 0. The first-order valence-corrected chi connectivity index (χ1v) is 7.49. The second-order valence-electron chi connectivity index (χ2n) is 3.96. The summed E-state index contributed by atoms with van der Waals surface area (Å²) in [6.45, 7) is 4.00. The minimum atomic E-state index is -3.55. The molecule has 0 amide bonds. The van der Waals surface area contributed by atoms with E-state index in [0.29, 0.717) is 0 Å². The van der Waals surface area contributed by atoms with Gasteiger partial charge in [0.1, 0.15) is 0 Å². The van der Waals surface area contributed by atoms with Crippen LogP contribution >= 0.6 is 0 Å². The van der Waals surface area contributed by atoms with Gasteiger partial charge in [-0.2, -0.15) is 8.42 Å². The van der Waals surface area contributed by atoms with Gasteiger partial charge in [-0.3, -0.25) is 4.18 Å². The van der Waals surface area contributed by atoms with Gasteiger partial charge in [0.05, 0.1) is 11.5 Å². The van der Waals surface area contributed by atoms with E-state index in [2.05, 4.69) is 6.92 Å². The molecule has 1 aromatic rings. The molecule has 0 radical (unpaired) electrons. The Morgan fingerprint density at radius 2 is 1.71 bits per heavy atom. The Kier molecular flexibility index (Phi) is 5.65. The fourth-order valence-corrected chi connectivity index (χ4v) is 2.54. The summed E-state index contributed by atoms with van der Waals surface area (Å²) in [5.41, 5.74) is 1.17. The van der Waals surface area contributed by atoms with E-state index in [9.17, 15) is 8.42 Å². The standard InChI is InChI=1S/C13H20O3S/c1-3-5-6-7-12-8-10-13(11-9-12)17(14,15)16-4-2/h8-11H,3-7H2,1-2H3. The molecule has 0 aromatic heterocycles. The molecule has 0 unspecified atom stereocenters. The van der Waals surface area contributed by atoms with E-state index in [0.717, 1.165) is 12.8 Å². The van der Waals surface area contributed by atoms with Gasteiger partial charge in [0.15, 0.2) is 0 Å². The lowest BCUT2D eigenvalue weighted by molar-refractivity contribution is 0.338. The number of rotatable bonds is 7. The van der Waals surface area contributed by atoms with Gasteiger partial charge in [-0.05, 0) is 37.5 Å². The van der Waals surface area contributed by atoms with Crippen LogP contribution in [0.4, 0.5) is 0 Å². The molecular weight excluding hydrogens is 236 g/mol. The maximum Gasteiger partial charge on any atom is 0.296 e. The fourth-order valence-electron chi connectivity index (χ4n) is 1.63. The van der Waals surface area contributed by atoms with Crippen LogP contribution in [0.25, 0.3) is 0 Å². The van der Waals surface area contributed by atoms with Gasteiger partial charge in [0.25, 0.3) is 10.1 Å². The van der Waals surface area contributed by atoms with Gasteiger partial charge >= 0.3 is 0 Å². The number of aryl methyl sites for hydroxylation is 1. The Bertz CT molecular complexity index is 420. The predicted octanol–water partition coefficient (Wildman–Crippen LogP) is 3.14. The van der Waals surface area contributed by atoms with Crippen molar-refractivity contribution in [1.82, 2.24) is 0 Å². The lowest BCUT2D eigenvalue weighted by Gasteiger charge is -2.05.